The van der Waals surface area contributed by atoms with Crippen LogP contribution >= 0.6 is 11.8 Å². The molecule has 0 aliphatic carbocycles. The monoisotopic (exact) mass is 293 g/mol. The number of anilines is 1. The number of H-pyrrole nitrogens is 1. The van der Waals surface area contributed by atoms with Gasteiger partial charge < -0.3 is 11.5 Å². The van der Waals surface area contributed by atoms with Gasteiger partial charge in [0, 0.05) is 16.6 Å². The molecule has 7 nitrogen and oxygen atoms in total. The van der Waals surface area contributed by atoms with Gasteiger partial charge in [-0.05, 0) is 43.8 Å². The summed E-state index contributed by atoms with van der Waals surface area (Å²) in [6.07, 6.45) is 0. The molecule has 0 unspecified atom stereocenters. The van der Waals surface area contributed by atoms with Crippen molar-refractivity contribution in [1.82, 2.24) is 14.8 Å². The second-order valence-electron chi connectivity index (χ2n) is 4.50. The lowest BCUT2D eigenvalue weighted by molar-refractivity contribution is 0.0997. The Morgan fingerprint density at radius 2 is 2.15 bits per heavy atom. The summed E-state index contributed by atoms with van der Waals surface area (Å²) in [4.78, 5) is 23.7. The molecule has 0 spiro atoms. The molecule has 5 N–H and O–H groups in total. The predicted octanol–water partition coefficient (Wildman–Crippen LogP) is 0.985. The van der Waals surface area contributed by atoms with Crippen LogP contribution < -0.4 is 17.2 Å². The topological polar surface area (TPSA) is 120 Å². The highest BCUT2D eigenvalue weighted by Crippen LogP contribution is 2.30. The average molecular weight is 293 g/mol. The van der Waals surface area contributed by atoms with Crippen molar-refractivity contribution < 1.29 is 4.79 Å². The number of hydrogen-bond donors (Lipinski definition) is 3. The smallest absolute Gasteiger partial charge is 0.344 e. The van der Waals surface area contributed by atoms with Crippen molar-refractivity contribution in [2.24, 2.45) is 5.73 Å². The largest absolute Gasteiger partial charge is 0.399 e. The highest BCUT2D eigenvalue weighted by molar-refractivity contribution is 7.99. The summed E-state index contributed by atoms with van der Waals surface area (Å²) < 4.78 is 1.50. The normalized spacial score (nSPS) is 10.9. The Hall–Kier alpha value is -2.22. The van der Waals surface area contributed by atoms with E-state index in [9.17, 15) is 9.59 Å². The molecule has 1 heterocycles. The molecule has 20 heavy (non-hydrogen) atoms. The first-order valence-electron chi connectivity index (χ1n) is 5.94. The molecular weight excluding hydrogens is 278 g/mol. The summed E-state index contributed by atoms with van der Waals surface area (Å²) >= 11 is 1.17. The SMILES string of the molecule is CC(C)n1c(Sc2cc(N)ccc2C(N)=O)n[nH]c1=O. The van der Waals surface area contributed by atoms with Crippen molar-refractivity contribution in [3.05, 3.63) is 34.2 Å². The third-order valence-corrected chi connectivity index (χ3v) is 3.69. The lowest BCUT2D eigenvalue weighted by Crippen LogP contribution is -2.19. The van der Waals surface area contributed by atoms with E-state index < -0.39 is 5.91 Å². The minimum Gasteiger partial charge on any atom is -0.399 e. The third-order valence-electron chi connectivity index (χ3n) is 2.66. The van der Waals surface area contributed by atoms with Crippen LogP contribution in [0.1, 0.15) is 30.2 Å². The molecular formula is C12H15N5O2S. The molecule has 1 aromatic heterocycles. The number of carbonyl (C=O) groups is 1. The average Bonchev–Trinajstić information content (AvgIpc) is 2.70. The van der Waals surface area contributed by atoms with Gasteiger partial charge in [-0.15, -0.1) is 5.10 Å². The number of primary amides is 1. The number of hydrogen-bond acceptors (Lipinski definition) is 5. The molecule has 0 fully saturated rings. The number of nitrogen functional groups attached to an aromatic ring is 1. The van der Waals surface area contributed by atoms with Crippen molar-refractivity contribution in [3.63, 3.8) is 0 Å². The molecule has 0 saturated heterocycles. The Kier molecular flexibility index (Phi) is 3.84. The fraction of sp³-hybridized carbons (Fsp3) is 0.250. The van der Waals surface area contributed by atoms with Crippen LogP contribution in [0.3, 0.4) is 0 Å². The van der Waals surface area contributed by atoms with Crippen molar-refractivity contribution >= 4 is 23.4 Å². The zero-order valence-electron chi connectivity index (χ0n) is 11.1. The molecule has 0 radical (unpaired) electrons. The first-order chi connectivity index (χ1) is 9.40. The first kappa shape index (κ1) is 14.2. The summed E-state index contributed by atoms with van der Waals surface area (Å²) in [7, 11) is 0. The molecule has 1 aromatic carbocycles. The van der Waals surface area contributed by atoms with Gasteiger partial charge in [-0.2, -0.15) is 0 Å². The predicted molar refractivity (Wildman–Crippen MR) is 76.7 cm³/mol. The zero-order chi connectivity index (χ0) is 14.9. The van der Waals surface area contributed by atoms with Crippen molar-refractivity contribution in [1.29, 1.82) is 0 Å². The third kappa shape index (κ3) is 2.69. The Bertz CT molecular complexity index is 704. The van der Waals surface area contributed by atoms with Crippen molar-refractivity contribution in [2.75, 3.05) is 5.73 Å². The molecule has 1 amide bonds. The number of carbonyl (C=O) groups excluding carboxylic acids is 1. The van der Waals surface area contributed by atoms with Crippen LogP contribution in [-0.4, -0.2) is 20.7 Å². The lowest BCUT2D eigenvalue weighted by atomic mass is 10.2. The minimum atomic E-state index is -0.554. The van der Waals surface area contributed by atoms with Gasteiger partial charge in [0.1, 0.15) is 0 Å². The van der Waals surface area contributed by atoms with E-state index in [1.54, 1.807) is 18.2 Å². The maximum atomic E-state index is 11.7. The van der Waals surface area contributed by atoms with Crippen LogP contribution in [-0.2, 0) is 0 Å². The fourth-order valence-electron chi connectivity index (χ4n) is 1.74. The maximum absolute atomic E-state index is 11.7. The zero-order valence-corrected chi connectivity index (χ0v) is 11.9. The van der Waals surface area contributed by atoms with Gasteiger partial charge in [0.2, 0.25) is 5.91 Å². The molecule has 8 heteroatoms. The van der Waals surface area contributed by atoms with Gasteiger partial charge in [0.15, 0.2) is 5.16 Å². The minimum absolute atomic E-state index is 0.0539. The van der Waals surface area contributed by atoms with E-state index in [0.717, 1.165) is 0 Å². The van der Waals surface area contributed by atoms with Gasteiger partial charge in [0.05, 0.1) is 5.56 Å². The molecule has 0 atom stereocenters. The number of aromatic amines is 1. The second kappa shape index (κ2) is 5.41. The fourth-order valence-corrected chi connectivity index (χ4v) is 2.90. The van der Waals surface area contributed by atoms with Crippen LogP contribution in [0.15, 0.2) is 33.0 Å². The Balaban J connectivity index is 2.47. The van der Waals surface area contributed by atoms with E-state index in [4.69, 9.17) is 11.5 Å². The number of nitrogens with one attached hydrogen (secondary N) is 1. The summed E-state index contributed by atoms with van der Waals surface area (Å²) in [6.45, 7) is 3.74. The van der Waals surface area contributed by atoms with E-state index >= 15 is 0 Å². The van der Waals surface area contributed by atoms with Gasteiger partial charge in [-0.1, -0.05) is 0 Å². The van der Waals surface area contributed by atoms with E-state index in [2.05, 4.69) is 10.2 Å². The van der Waals surface area contributed by atoms with Gasteiger partial charge in [0.25, 0.3) is 0 Å². The molecule has 0 bridgehead atoms. The van der Waals surface area contributed by atoms with Crippen LogP contribution in [0.2, 0.25) is 0 Å². The molecule has 106 valence electrons. The number of amides is 1. The summed E-state index contributed by atoms with van der Waals surface area (Å²) in [6, 6.07) is 4.74. The highest BCUT2D eigenvalue weighted by Gasteiger charge is 2.16. The summed E-state index contributed by atoms with van der Waals surface area (Å²) in [5.74, 6) is -0.554. The summed E-state index contributed by atoms with van der Waals surface area (Å²) in [5, 5.41) is 6.81. The van der Waals surface area contributed by atoms with Crippen molar-refractivity contribution in [3.8, 4) is 0 Å². The Morgan fingerprint density at radius 1 is 1.45 bits per heavy atom. The first-order valence-corrected chi connectivity index (χ1v) is 6.76. The Labute approximate surface area is 119 Å². The number of nitrogens with two attached hydrogens (primary N) is 2. The maximum Gasteiger partial charge on any atom is 0.344 e. The van der Waals surface area contributed by atoms with Crippen molar-refractivity contribution in [2.45, 2.75) is 29.9 Å². The standard InChI is InChI=1S/C12H15N5O2S/c1-6(2)17-11(19)15-16-12(17)20-9-5-7(13)3-4-8(9)10(14)18/h3-6H,13H2,1-2H3,(H2,14,18)(H,15,19). The highest BCUT2D eigenvalue weighted by atomic mass is 32.2. The molecule has 2 rings (SSSR count). The quantitative estimate of drug-likeness (QED) is 0.726. The number of rotatable bonds is 4. The van der Waals surface area contributed by atoms with E-state index in [-0.39, 0.29) is 11.7 Å². The van der Waals surface area contributed by atoms with Gasteiger partial charge in [-0.3, -0.25) is 9.36 Å². The number of nitrogens with zero attached hydrogens (tertiary/aromatic N) is 2. The van der Waals surface area contributed by atoms with Crippen LogP contribution in [0.4, 0.5) is 5.69 Å². The number of benzene rings is 1. The van der Waals surface area contributed by atoms with Crippen LogP contribution in [0, 0.1) is 0 Å². The lowest BCUT2D eigenvalue weighted by Gasteiger charge is -2.10. The molecule has 0 saturated carbocycles. The number of aromatic nitrogens is 3. The molecule has 2 aromatic rings. The van der Waals surface area contributed by atoms with Gasteiger partial charge in [-0.25, -0.2) is 9.89 Å². The summed E-state index contributed by atoms with van der Waals surface area (Å²) in [5.41, 5.74) is 11.6. The van der Waals surface area contributed by atoms with E-state index in [1.807, 2.05) is 13.8 Å². The van der Waals surface area contributed by atoms with Gasteiger partial charge >= 0.3 is 5.69 Å². The van der Waals surface area contributed by atoms with Crippen LogP contribution in [0.25, 0.3) is 0 Å². The van der Waals surface area contributed by atoms with Crippen LogP contribution in [0.5, 0.6) is 0 Å². The Morgan fingerprint density at radius 3 is 2.75 bits per heavy atom. The molecule has 0 aliphatic heterocycles. The van der Waals surface area contributed by atoms with E-state index in [0.29, 0.717) is 21.3 Å². The van der Waals surface area contributed by atoms with E-state index in [1.165, 1.54) is 16.3 Å². The molecule has 0 aliphatic rings. The second-order valence-corrected chi connectivity index (χ2v) is 5.51.